The number of hydrogen-bond acceptors (Lipinski definition) is 0. The Morgan fingerprint density at radius 3 is 0.800 bits per heavy atom. The van der Waals surface area contributed by atoms with E-state index >= 15 is 0 Å². The molecule has 0 bridgehead atoms. The first-order valence-corrected chi connectivity index (χ1v) is 3.09. The molecule has 0 saturated carbocycles. The summed E-state index contributed by atoms with van der Waals surface area (Å²) >= 11 is 1.47. The average Bonchev–Trinajstić information content (AvgIpc) is 1.00. The molecule has 0 aliphatic heterocycles. The maximum absolute atomic E-state index is 4.64. The molecule has 3 nitrogen and oxygen atoms in total. The van der Waals surface area contributed by atoms with E-state index < -0.39 is 0 Å². The zero-order valence-corrected chi connectivity index (χ0v) is 5.36. The van der Waals surface area contributed by atoms with Gasteiger partial charge in [-0.3, -0.25) is 0 Å². The molecule has 6 N–H and O–H groups in total. The molecule has 0 fully saturated rings. The monoisotopic (exact) mass is 282 g/mol. The Morgan fingerprint density at radius 1 is 0.800 bits per heavy atom. The van der Waals surface area contributed by atoms with Crippen LogP contribution in [0.3, 0.4) is 0 Å². The van der Waals surface area contributed by atoms with Crippen LogP contribution in [-0.4, -0.2) is 16.4 Å². The Balaban J connectivity index is -0.00000000167. The van der Waals surface area contributed by atoms with Crippen LogP contribution in [0.4, 0.5) is 0 Å². The standard InChI is InChI=1S/ClH.Ir.3H2O/h1H;;3*1H2/q;+1;;;/p-1. The van der Waals surface area contributed by atoms with Gasteiger partial charge in [0, 0.05) is 0 Å². The van der Waals surface area contributed by atoms with E-state index in [-0.39, 0.29) is 16.4 Å². The van der Waals surface area contributed by atoms with Gasteiger partial charge in [0.15, 0.2) is 0 Å². The van der Waals surface area contributed by atoms with Gasteiger partial charge in [0.25, 0.3) is 0 Å². The summed E-state index contributed by atoms with van der Waals surface area (Å²) in [7, 11) is 4.64. The second-order valence-corrected chi connectivity index (χ2v) is 0. The summed E-state index contributed by atoms with van der Waals surface area (Å²) in [4.78, 5) is 0. The molecule has 0 atom stereocenters. The molecular weight excluding hydrogens is 276 g/mol. The van der Waals surface area contributed by atoms with Crippen LogP contribution in [0.25, 0.3) is 0 Å². The molecule has 0 radical (unpaired) electrons. The third-order valence-electron chi connectivity index (χ3n) is 0. The molecule has 0 unspecified atom stereocenters. The van der Waals surface area contributed by atoms with Crippen LogP contribution in [-0.2, 0) is 17.9 Å². The van der Waals surface area contributed by atoms with Gasteiger partial charge in [-0.05, 0) is 0 Å². The first-order chi connectivity index (χ1) is 1.00. The van der Waals surface area contributed by atoms with E-state index in [0.29, 0.717) is 0 Å². The third-order valence-corrected chi connectivity index (χ3v) is 0. The van der Waals surface area contributed by atoms with Crippen LogP contribution in [0.5, 0.6) is 0 Å². The van der Waals surface area contributed by atoms with Crippen molar-refractivity contribution in [2.24, 2.45) is 0 Å². The number of hydrogen-bond donors (Lipinski definition) is 0. The van der Waals surface area contributed by atoms with Gasteiger partial charge in [-0.15, -0.1) is 0 Å². The van der Waals surface area contributed by atoms with E-state index in [2.05, 4.69) is 9.58 Å². The normalized spacial score (nSPS) is 1.40. The van der Waals surface area contributed by atoms with Crippen molar-refractivity contribution in [2.45, 2.75) is 0 Å². The van der Waals surface area contributed by atoms with Crippen LogP contribution in [0.2, 0.25) is 0 Å². The van der Waals surface area contributed by atoms with Crippen molar-refractivity contribution < 1.29 is 34.3 Å². The Kier molecular flexibility index (Phi) is 855. The van der Waals surface area contributed by atoms with Gasteiger partial charge < -0.3 is 16.4 Å². The van der Waals surface area contributed by atoms with Crippen LogP contribution < -0.4 is 0 Å². The fourth-order valence-electron chi connectivity index (χ4n) is 0. The summed E-state index contributed by atoms with van der Waals surface area (Å²) in [6.45, 7) is 0. The number of rotatable bonds is 0. The van der Waals surface area contributed by atoms with Gasteiger partial charge >= 0.3 is 27.5 Å². The Hall–Kier alpha value is 0.819. The van der Waals surface area contributed by atoms with E-state index in [1.165, 1.54) is 17.9 Å². The second-order valence-electron chi connectivity index (χ2n) is 0. The molecule has 0 aromatic heterocycles. The van der Waals surface area contributed by atoms with E-state index in [1.54, 1.807) is 0 Å². The SMILES string of the molecule is O.O.O.[Cl][Ir]. The molecule has 0 saturated heterocycles. The van der Waals surface area contributed by atoms with E-state index in [4.69, 9.17) is 0 Å². The van der Waals surface area contributed by atoms with Gasteiger partial charge in [0.05, 0.1) is 0 Å². The van der Waals surface area contributed by atoms with Crippen molar-refractivity contribution in [3.63, 3.8) is 0 Å². The predicted molar refractivity (Wildman–Crippen MR) is 16.7 cm³/mol. The molecule has 0 amide bonds. The summed E-state index contributed by atoms with van der Waals surface area (Å²) in [6, 6.07) is 0. The van der Waals surface area contributed by atoms with Crippen LogP contribution in [0.15, 0.2) is 0 Å². The van der Waals surface area contributed by atoms with E-state index in [9.17, 15) is 0 Å². The Labute approximate surface area is 44.4 Å². The van der Waals surface area contributed by atoms with Gasteiger partial charge in [-0.25, -0.2) is 0 Å². The molecular formula is H6ClIrO3. The molecule has 0 aliphatic rings. The van der Waals surface area contributed by atoms with Crippen LogP contribution >= 0.6 is 9.58 Å². The van der Waals surface area contributed by atoms with Crippen molar-refractivity contribution in [2.75, 3.05) is 0 Å². The van der Waals surface area contributed by atoms with Crippen molar-refractivity contribution in [3.05, 3.63) is 0 Å². The first-order valence-electron chi connectivity index (χ1n) is 0.126. The fourth-order valence-corrected chi connectivity index (χ4v) is 0. The molecule has 0 aliphatic carbocycles. The molecule has 0 aromatic carbocycles. The summed E-state index contributed by atoms with van der Waals surface area (Å²) in [5.74, 6) is 0. The van der Waals surface area contributed by atoms with Gasteiger partial charge in [0.2, 0.25) is 0 Å². The molecule has 40 valence electrons. The van der Waals surface area contributed by atoms with Crippen molar-refractivity contribution >= 4 is 9.58 Å². The minimum atomic E-state index is 0. The van der Waals surface area contributed by atoms with Crippen molar-refractivity contribution in [1.82, 2.24) is 0 Å². The molecule has 0 rings (SSSR count). The quantitative estimate of drug-likeness (QED) is 0.502. The van der Waals surface area contributed by atoms with Gasteiger partial charge in [-0.2, -0.15) is 0 Å². The fraction of sp³-hybridized carbons (Fsp3) is 0. The zero-order valence-electron chi connectivity index (χ0n) is 2.21. The molecule has 0 aromatic rings. The van der Waals surface area contributed by atoms with Crippen molar-refractivity contribution in [1.29, 1.82) is 0 Å². The molecule has 5 heavy (non-hydrogen) atoms. The molecule has 0 spiro atoms. The summed E-state index contributed by atoms with van der Waals surface area (Å²) in [5.41, 5.74) is 0. The Bertz CT molecular complexity index is 6.85. The van der Waals surface area contributed by atoms with Gasteiger partial charge in [-0.1, -0.05) is 0 Å². The summed E-state index contributed by atoms with van der Waals surface area (Å²) in [5, 5.41) is 0. The molecule has 0 heterocycles. The topological polar surface area (TPSA) is 94.5 Å². The van der Waals surface area contributed by atoms with Crippen LogP contribution in [0.1, 0.15) is 0 Å². The minimum absolute atomic E-state index is 0. The predicted octanol–water partition coefficient (Wildman–Crippen LogP) is -1.79. The number of halogens is 1. The zero-order chi connectivity index (χ0) is 2.00. The maximum atomic E-state index is 4.64. The summed E-state index contributed by atoms with van der Waals surface area (Å²) < 4.78 is 0. The summed E-state index contributed by atoms with van der Waals surface area (Å²) in [6.07, 6.45) is 0. The second kappa shape index (κ2) is 105. The van der Waals surface area contributed by atoms with E-state index in [1.807, 2.05) is 0 Å². The third kappa shape index (κ3) is 57.1. The van der Waals surface area contributed by atoms with Gasteiger partial charge in [0.1, 0.15) is 0 Å². The van der Waals surface area contributed by atoms with Crippen LogP contribution in [0, 0.1) is 0 Å². The first kappa shape index (κ1) is 40.8. The average molecular weight is 282 g/mol. The van der Waals surface area contributed by atoms with Crippen molar-refractivity contribution in [3.8, 4) is 0 Å². The van der Waals surface area contributed by atoms with E-state index in [0.717, 1.165) is 0 Å². The molecule has 5 heteroatoms. The Morgan fingerprint density at radius 2 is 0.800 bits per heavy atom.